The van der Waals surface area contributed by atoms with Gasteiger partial charge in [0.05, 0.1) is 0 Å². The lowest BCUT2D eigenvalue weighted by Crippen LogP contribution is -2.50. The van der Waals surface area contributed by atoms with Crippen LogP contribution in [0.4, 0.5) is 0 Å². The summed E-state index contributed by atoms with van der Waals surface area (Å²) in [6.45, 7) is 6.91. The standard InChI is InChI=1S/C13H23N3O/c1-6-10-7-8-11(14-10)12(17)15-13(2,3)9-16(4)5/h7-8,14H,6,9H2,1-5H3,(H,15,17). The molecule has 0 spiro atoms. The van der Waals surface area contributed by atoms with Gasteiger partial charge in [0, 0.05) is 17.8 Å². The van der Waals surface area contributed by atoms with Gasteiger partial charge in [-0.3, -0.25) is 4.79 Å². The molecule has 4 heteroatoms. The van der Waals surface area contributed by atoms with E-state index in [0.717, 1.165) is 18.7 Å². The first-order valence-electron chi connectivity index (χ1n) is 5.99. The number of H-pyrrole nitrogens is 1. The van der Waals surface area contributed by atoms with Crippen LogP contribution in [0, 0.1) is 0 Å². The highest BCUT2D eigenvalue weighted by Gasteiger charge is 2.22. The maximum atomic E-state index is 12.0. The van der Waals surface area contributed by atoms with E-state index >= 15 is 0 Å². The first-order chi connectivity index (χ1) is 7.84. The number of nitrogens with one attached hydrogen (secondary N) is 2. The highest BCUT2D eigenvalue weighted by Crippen LogP contribution is 2.07. The summed E-state index contributed by atoms with van der Waals surface area (Å²) in [5.74, 6) is -0.0449. The largest absolute Gasteiger partial charge is 0.354 e. The molecule has 4 nitrogen and oxygen atoms in total. The van der Waals surface area contributed by atoms with Crippen LogP contribution in [0.25, 0.3) is 0 Å². The molecule has 0 saturated carbocycles. The van der Waals surface area contributed by atoms with Crippen molar-refractivity contribution < 1.29 is 4.79 Å². The molecule has 0 unspecified atom stereocenters. The molecule has 0 fully saturated rings. The van der Waals surface area contributed by atoms with Crippen LogP contribution in [-0.2, 0) is 6.42 Å². The highest BCUT2D eigenvalue weighted by molar-refractivity contribution is 5.93. The molecular weight excluding hydrogens is 214 g/mol. The maximum Gasteiger partial charge on any atom is 0.268 e. The predicted molar refractivity (Wildman–Crippen MR) is 70.3 cm³/mol. The minimum absolute atomic E-state index is 0.0449. The fourth-order valence-electron chi connectivity index (χ4n) is 1.98. The molecule has 1 rings (SSSR count). The Labute approximate surface area is 103 Å². The van der Waals surface area contributed by atoms with E-state index in [9.17, 15) is 4.79 Å². The summed E-state index contributed by atoms with van der Waals surface area (Å²) in [5.41, 5.74) is 1.48. The Balaban J connectivity index is 2.65. The van der Waals surface area contributed by atoms with Crippen molar-refractivity contribution in [3.05, 3.63) is 23.5 Å². The van der Waals surface area contributed by atoms with Gasteiger partial charge < -0.3 is 15.2 Å². The van der Waals surface area contributed by atoms with Gasteiger partial charge in [0.15, 0.2) is 0 Å². The van der Waals surface area contributed by atoms with E-state index in [1.807, 2.05) is 40.1 Å². The molecule has 1 aromatic rings. The number of hydrogen-bond donors (Lipinski definition) is 2. The average Bonchev–Trinajstić information content (AvgIpc) is 2.62. The van der Waals surface area contributed by atoms with Crippen molar-refractivity contribution in [1.29, 1.82) is 0 Å². The Morgan fingerprint density at radius 1 is 1.41 bits per heavy atom. The number of aryl methyl sites for hydroxylation is 1. The monoisotopic (exact) mass is 237 g/mol. The number of carbonyl (C=O) groups is 1. The third-order valence-electron chi connectivity index (χ3n) is 2.54. The van der Waals surface area contributed by atoms with E-state index in [2.05, 4.69) is 22.1 Å². The molecule has 0 aromatic carbocycles. The minimum Gasteiger partial charge on any atom is -0.354 e. The zero-order valence-corrected chi connectivity index (χ0v) is 11.4. The van der Waals surface area contributed by atoms with E-state index in [-0.39, 0.29) is 11.4 Å². The van der Waals surface area contributed by atoms with Crippen LogP contribution in [0.1, 0.15) is 37.0 Å². The summed E-state index contributed by atoms with van der Waals surface area (Å²) in [7, 11) is 4.00. The number of aromatic nitrogens is 1. The van der Waals surface area contributed by atoms with Crippen LogP contribution in [0.5, 0.6) is 0 Å². The molecule has 96 valence electrons. The van der Waals surface area contributed by atoms with E-state index in [1.54, 1.807) is 0 Å². The lowest BCUT2D eigenvalue weighted by molar-refractivity contribution is 0.0895. The van der Waals surface area contributed by atoms with Gasteiger partial charge in [0.1, 0.15) is 5.69 Å². The SMILES string of the molecule is CCc1ccc(C(=O)NC(C)(C)CN(C)C)[nH]1. The molecule has 2 N–H and O–H groups in total. The zero-order chi connectivity index (χ0) is 13.1. The molecule has 0 bridgehead atoms. The fourth-order valence-corrected chi connectivity index (χ4v) is 1.98. The van der Waals surface area contributed by atoms with Gasteiger partial charge in [0.2, 0.25) is 0 Å². The number of aromatic amines is 1. The number of likely N-dealkylation sites (N-methyl/N-ethyl adjacent to an activating group) is 1. The lowest BCUT2D eigenvalue weighted by Gasteiger charge is -2.29. The van der Waals surface area contributed by atoms with E-state index in [1.165, 1.54) is 0 Å². The second-order valence-corrected chi connectivity index (χ2v) is 5.33. The first-order valence-corrected chi connectivity index (χ1v) is 5.99. The van der Waals surface area contributed by atoms with Crippen molar-refractivity contribution in [2.24, 2.45) is 0 Å². The maximum absolute atomic E-state index is 12.0. The second-order valence-electron chi connectivity index (χ2n) is 5.33. The number of rotatable bonds is 5. The third kappa shape index (κ3) is 4.23. The fraction of sp³-hybridized carbons (Fsp3) is 0.615. The van der Waals surface area contributed by atoms with E-state index in [4.69, 9.17) is 0 Å². The predicted octanol–water partition coefficient (Wildman–Crippen LogP) is 1.65. The molecule has 17 heavy (non-hydrogen) atoms. The van der Waals surface area contributed by atoms with Crippen LogP contribution in [0.3, 0.4) is 0 Å². The number of amides is 1. The summed E-state index contributed by atoms with van der Waals surface area (Å²) >= 11 is 0. The Morgan fingerprint density at radius 3 is 2.53 bits per heavy atom. The van der Waals surface area contributed by atoms with Crippen molar-refractivity contribution in [3.63, 3.8) is 0 Å². The molecule has 0 aliphatic rings. The quantitative estimate of drug-likeness (QED) is 0.818. The van der Waals surface area contributed by atoms with Crippen molar-refractivity contribution in [2.45, 2.75) is 32.7 Å². The van der Waals surface area contributed by atoms with E-state index in [0.29, 0.717) is 5.69 Å². The molecule has 0 radical (unpaired) electrons. The zero-order valence-electron chi connectivity index (χ0n) is 11.4. The average molecular weight is 237 g/mol. The summed E-state index contributed by atoms with van der Waals surface area (Å²) in [4.78, 5) is 17.2. The Bertz CT molecular complexity index is 380. The first kappa shape index (κ1) is 13.8. The Hall–Kier alpha value is -1.29. The third-order valence-corrected chi connectivity index (χ3v) is 2.54. The van der Waals surface area contributed by atoms with Crippen molar-refractivity contribution >= 4 is 5.91 Å². The van der Waals surface area contributed by atoms with Crippen LogP contribution in [0.15, 0.2) is 12.1 Å². The molecule has 0 aliphatic carbocycles. The summed E-state index contributed by atoms with van der Waals surface area (Å²) in [5, 5.41) is 3.03. The topological polar surface area (TPSA) is 48.1 Å². The van der Waals surface area contributed by atoms with Crippen LogP contribution in [-0.4, -0.2) is 42.0 Å². The van der Waals surface area contributed by atoms with Crippen molar-refractivity contribution in [3.8, 4) is 0 Å². The van der Waals surface area contributed by atoms with Crippen molar-refractivity contribution in [2.75, 3.05) is 20.6 Å². The van der Waals surface area contributed by atoms with Gasteiger partial charge in [0.25, 0.3) is 5.91 Å². The number of carbonyl (C=O) groups excluding carboxylic acids is 1. The van der Waals surface area contributed by atoms with Gasteiger partial charge in [-0.1, -0.05) is 6.92 Å². The van der Waals surface area contributed by atoms with Crippen LogP contribution < -0.4 is 5.32 Å². The summed E-state index contributed by atoms with van der Waals surface area (Å²) < 4.78 is 0. The summed E-state index contributed by atoms with van der Waals surface area (Å²) in [6, 6.07) is 3.79. The Morgan fingerprint density at radius 2 is 2.06 bits per heavy atom. The molecule has 0 saturated heterocycles. The lowest BCUT2D eigenvalue weighted by atomic mass is 10.1. The Kier molecular flexibility index (Phi) is 4.34. The number of nitrogens with zero attached hydrogens (tertiary/aromatic N) is 1. The summed E-state index contributed by atoms with van der Waals surface area (Å²) in [6.07, 6.45) is 0.911. The van der Waals surface area contributed by atoms with Gasteiger partial charge in [-0.25, -0.2) is 0 Å². The van der Waals surface area contributed by atoms with E-state index < -0.39 is 0 Å². The van der Waals surface area contributed by atoms with Crippen LogP contribution in [0.2, 0.25) is 0 Å². The minimum atomic E-state index is -0.238. The van der Waals surface area contributed by atoms with Gasteiger partial charge in [-0.05, 0) is 46.5 Å². The van der Waals surface area contributed by atoms with Gasteiger partial charge in [-0.2, -0.15) is 0 Å². The second kappa shape index (κ2) is 5.36. The normalized spacial score (nSPS) is 11.9. The van der Waals surface area contributed by atoms with Gasteiger partial charge in [-0.15, -0.1) is 0 Å². The van der Waals surface area contributed by atoms with Gasteiger partial charge >= 0.3 is 0 Å². The molecule has 1 heterocycles. The molecular formula is C13H23N3O. The smallest absolute Gasteiger partial charge is 0.268 e. The van der Waals surface area contributed by atoms with Crippen LogP contribution >= 0.6 is 0 Å². The molecule has 0 aliphatic heterocycles. The molecule has 1 aromatic heterocycles. The molecule has 0 atom stereocenters. The number of hydrogen-bond acceptors (Lipinski definition) is 2. The van der Waals surface area contributed by atoms with Crippen molar-refractivity contribution in [1.82, 2.24) is 15.2 Å². The highest BCUT2D eigenvalue weighted by atomic mass is 16.2. The molecule has 1 amide bonds.